The molecule has 0 aliphatic carbocycles. The number of fused-ring (bicyclic) bond motifs is 1. The van der Waals surface area contributed by atoms with Gasteiger partial charge in [0.15, 0.2) is 12.3 Å². The maximum atomic E-state index is 13.0. The highest BCUT2D eigenvalue weighted by molar-refractivity contribution is 6.06. The van der Waals surface area contributed by atoms with Crippen LogP contribution in [0.5, 0.6) is 5.75 Å². The van der Waals surface area contributed by atoms with Crippen LogP contribution in [0.4, 0.5) is 0 Å². The first-order valence-electron chi connectivity index (χ1n) is 9.72. The van der Waals surface area contributed by atoms with E-state index in [4.69, 9.17) is 9.47 Å². The zero-order chi connectivity index (χ0) is 22.0. The Labute approximate surface area is 179 Å². The van der Waals surface area contributed by atoms with E-state index in [1.54, 1.807) is 42.1 Å². The predicted octanol–water partition coefficient (Wildman–Crippen LogP) is 3.99. The van der Waals surface area contributed by atoms with Gasteiger partial charge in [0.25, 0.3) is 0 Å². The third-order valence-corrected chi connectivity index (χ3v) is 5.00. The Kier molecular flexibility index (Phi) is 5.49. The van der Waals surface area contributed by atoms with Crippen molar-refractivity contribution in [2.24, 2.45) is 7.05 Å². The van der Waals surface area contributed by atoms with Crippen LogP contribution >= 0.6 is 0 Å². The van der Waals surface area contributed by atoms with Gasteiger partial charge in [-0.15, -0.1) is 0 Å². The number of Topliss-reactive ketones (excluding diaryl/α,β-unsaturated/α-hetero) is 1. The normalized spacial score (nSPS) is 10.8. The fourth-order valence-corrected chi connectivity index (χ4v) is 3.52. The fraction of sp³-hybridized carbons (Fsp3) is 0.167. The molecular weight excluding hydrogens is 394 g/mol. The number of aryl methyl sites for hydroxylation is 2. The summed E-state index contributed by atoms with van der Waals surface area (Å²) in [4.78, 5) is 30.3. The monoisotopic (exact) mass is 415 g/mol. The number of ketones is 1. The number of pyridine rings is 1. The highest BCUT2D eigenvalue weighted by atomic mass is 16.5. The minimum absolute atomic E-state index is 0.322. The molecular formula is C24H21N3O4. The molecule has 0 bridgehead atoms. The molecule has 0 spiro atoms. The number of carbonyl (C=O) groups excluding carboxylic acids is 2. The summed E-state index contributed by atoms with van der Waals surface area (Å²) in [6, 6.07) is 18.1. The summed E-state index contributed by atoms with van der Waals surface area (Å²) in [7, 11) is 3.26. The van der Waals surface area contributed by atoms with E-state index in [0.29, 0.717) is 39.3 Å². The number of hydrogen-bond donors (Lipinski definition) is 0. The van der Waals surface area contributed by atoms with Crippen molar-refractivity contribution < 1.29 is 19.1 Å². The quantitative estimate of drug-likeness (QED) is 0.350. The highest BCUT2D eigenvalue weighted by Crippen LogP contribution is 2.27. The number of benzene rings is 2. The van der Waals surface area contributed by atoms with Crippen molar-refractivity contribution in [2.45, 2.75) is 6.92 Å². The molecule has 4 rings (SSSR count). The molecule has 7 nitrogen and oxygen atoms in total. The molecule has 0 amide bonds. The lowest BCUT2D eigenvalue weighted by atomic mass is 10.1. The van der Waals surface area contributed by atoms with Gasteiger partial charge in [-0.1, -0.05) is 42.5 Å². The third-order valence-electron chi connectivity index (χ3n) is 5.00. The standard InChI is InChI=1S/C24H21N3O4/c1-15-22-18(24(29)31-14-20(28)17-11-7-8-12-21(17)30-3)13-19(16-9-5-4-6-10-16)25-23(22)27(2)26-15/h4-13H,14H2,1-3H3. The molecule has 0 aliphatic rings. The molecule has 0 unspecified atom stereocenters. The van der Waals surface area contributed by atoms with E-state index in [9.17, 15) is 9.59 Å². The molecule has 2 aromatic carbocycles. The summed E-state index contributed by atoms with van der Waals surface area (Å²) in [5.41, 5.74) is 3.40. The second-order valence-corrected chi connectivity index (χ2v) is 7.03. The maximum Gasteiger partial charge on any atom is 0.339 e. The van der Waals surface area contributed by atoms with E-state index >= 15 is 0 Å². The molecule has 156 valence electrons. The van der Waals surface area contributed by atoms with E-state index in [1.807, 2.05) is 37.3 Å². The van der Waals surface area contributed by atoms with Gasteiger partial charge in [0.05, 0.1) is 35.0 Å². The Bertz CT molecular complexity index is 1280. The van der Waals surface area contributed by atoms with Gasteiger partial charge >= 0.3 is 5.97 Å². The Balaban J connectivity index is 1.68. The molecule has 7 heteroatoms. The number of aromatic nitrogens is 3. The minimum atomic E-state index is -0.607. The first-order valence-corrected chi connectivity index (χ1v) is 9.72. The Morgan fingerprint density at radius 2 is 1.71 bits per heavy atom. The van der Waals surface area contributed by atoms with Gasteiger partial charge in [-0.25, -0.2) is 9.78 Å². The van der Waals surface area contributed by atoms with Gasteiger partial charge in [-0.2, -0.15) is 5.10 Å². The van der Waals surface area contributed by atoms with Crippen molar-refractivity contribution in [1.82, 2.24) is 14.8 Å². The molecule has 31 heavy (non-hydrogen) atoms. The van der Waals surface area contributed by atoms with Crippen molar-refractivity contribution >= 4 is 22.8 Å². The number of nitrogens with zero attached hydrogens (tertiary/aromatic N) is 3. The molecule has 2 aromatic heterocycles. The second-order valence-electron chi connectivity index (χ2n) is 7.03. The molecule has 0 N–H and O–H groups in total. The lowest BCUT2D eigenvalue weighted by Crippen LogP contribution is -2.15. The number of hydrogen-bond acceptors (Lipinski definition) is 6. The van der Waals surface area contributed by atoms with Crippen LogP contribution in [0.15, 0.2) is 60.7 Å². The number of ether oxygens (including phenoxy) is 2. The SMILES string of the molecule is COc1ccccc1C(=O)COC(=O)c1cc(-c2ccccc2)nc2c1c(C)nn2C. The molecule has 0 fully saturated rings. The number of para-hydroxylation sites is 1. The average molecular weight is 415 g/mol. The van der Waals surface area contributed by atoms with E-state index in [1.165, 1.54) is 7.11 Å². The maximum absolute atomic E-state index is 13.0. The Morgan fingerprint density at radius 1 is 1.00 bits per heavy atom. The lowest BCUT2D eigenvalue weighted by Gasteiger charge is -2.10. The van der Waals surface area contributed by atoms with Gasteiger partial charge in [0.1, 0.15) is 5.75 Å². The summed E-state index contributed by atoms with van der Waals surface area (Å²) in [5.74, 6) is -0.518. The minimum Gasteiger partial charge on any atom is -0.496 e. The smallest absolute Gasteiger partial charge is 0.339 e. The van der Waals surface area contributed by atoms with Crippen LogP contribution in [-0.2, 0) is 11.8 Å². The van der Waals surface area contributed by atoms with Crippen molar-refractivity contribution in [3.8, 4) is 17.0 Å². The second kappa shape index (κ2) is 8.39. The largest absolute Gasteiger partial charge is 0.496 e. The topological polar surface area (TPSA) is 83.3 Å². The van der Waals surface area contributed by atoms with Crippen LogP contribution in [0.3, 0.4) is 0 Å². The van der Waals surface area contributed by atoms with Crippen LogP contribution in [0, 0.1) is 6.92 Å². The van der Waals surface area contributed by atoms with Crippen LogP contribution in [-0.4, -0.2) is 40.2 Å². The molecule has 4 aromatic rings. The Morgan fingerprint density at radius 3 is 2.45 bits per heavy atom. The summed E-state index contributed by atoms with van der Waals surface area (Å²) in [6.45, 7) is 1.41. The molecule has 0 saturated heterocycles. The lowest BCUT2D eigenvalue weighted by molar-refractivity contribution is 0.0476. The van der Waals surface area contributed by atoms with Crippen LogP contribution in [0.25, 0.3) is 22.3 Å². The summed E-state index contributed by atoms with van der Waals surface area (Å²) in [5, 5.41) is 5.00. The number of rotatable bonds is 6. The van der Waals surface area contributed by atoms with Gasteiger partial charge in [0, 0.05) is 12.6 Å². The van der Waals surface area contributed by atoms with Gasteiger partial charge in [0.2, 0.25) is 5.78 Å². The van der Waals surface area contributed by atoms with Gasteiger partial charge in [-0.05, 0) is 25.1 Å². The molecule has 0 saturated carbocycles. The first-order chi connectivity index (χ1) is 15.0. The summed E-state index contributed by atoms with van der Waals surface area (Å²) >= 11 is 0. The predicted molar refractivity (Wildman–Crippen MR) is 116 cm³/mol. The zero-order valence-electron chi connectivity index (χ0n) is 17.5. The van der Waals surface area contributed by atoms with Crippen LogP contribution < -0.4 is 4.74 Å². The fourth-order valence-electron chi connectivity index (χ4n) is 3.52. The molecule has 0 aliphatic heterocycles. The van der Waals surface area contributed by atoms with Crippen molar-refractivity contribution in [3.05, 3.63) is 77.5 Å². The van der Waals surface area contributed by atoms with Crippen molar-refractivity contribution in [2.75, 3.05) is 13.7 Å². The van der Waals surface area contributed by atoms with E-state index in [-0.39, 0.29) is 5.78 Å². The number of methoxy groups -OCH3 is 1. The Hall–Kier alpha value is -4.00. The molecule has 2 heterocycles. The summed E-state index contributed by atoms with van der Waals surface area (Å²) < 4.78 is 12.2. The molecule has 0 radical (unpaired) electrons. The highest BCUT2D eigenvalue weighted by Gasteiger charge is 2.22. The first kappa shape index (κ1) is 20.3. The van der Waals surface area contributed by atoms with E-state index in [2.05, 4.69) is 10.1 Å². The average Bonchev–Trinajstić information content (AvgIpc) is 3.10. The zero-order valence-corrected chi connectivity index (χ0v) is 17.5. The number of esters is 1. The van der Waals surface area contributed by atoms with Crippen molar-refractivity contribution in [3.63, 3.8) is 0 Å². The van der Waals surface area contributed by atoms with Gasteiger partial charge < -0.3 is 9.47 Å². The third kappa shape index (κ3) is 3.90. The van der Waals surface area contributed by atoms with Gasteiger partial charge in [-0.3, -0.25) is 9.48 Å². The van der Waals surface area contributed by atoms with E-state index < -0.39 is 12.6 Å². The van der Waals surface area contributed by atoms with E-state index in [0.717, 1.165) is 5.56 Å². The number of carbonyl (C=O) groups is 2. The van der Waals surface area contributed by atoms with Crippen LogP contribution in [0.1, 0.15) is 26.4 Å². The van der Waals surface area contributed by atoms with Crippen LogP contribution in [0.2, 0.25) is 0 Å². The molecule has 0 atom stereocenters. The summed E-state index contributed by atoms with van der Waals surface area (Å²) in [6.07, 6.45) is 0. The van der Waals surface area contributed by atoms with Crippen molar-refractivity contribution in [1.29, 1.82) is 0 Å².